The normalized spacial score (nSPS) is 15.6. The van der Waals surface area contributed by atoms with Gasteiger partial charge in [0.25, 0.3) is 0 Å². The molecule has 0 spiro atoms. The molecule has 2 atom stereocenters. The molecule has 4 aromatic rings. The van der Waals surface area contributed by atoms with Crippen molar-refractivity contribution in [1.29, 1.82) is 0 Å². The van der Waals surface area contributed by atoms with Crippen molar-refractivity contribution in [3.05, 3.63) is 94.0 Å². The van der Waals surface area contributed by atoms with Crippen molar-refractivity contribution < 1.29 is 32.9 Å². The summed E-state index contributed by atoms with van der Waals surface area (Å²) in [4.78, 5) is 2.22. The molecule has 8 heteroatoms. The highest BCUT2D eigenvalue weighted by atomic mass is 16.5. The van der Waals surface area contributed by atoms with Gasteiger partial charge in [-0.05, 0) is 99.1 Å². The molecular formula is C42H55N2O6+. The first kappa shape index (κ1) is 36.9. The van der Waals surface area contributed by atoms with E-state index in [1.54, 1.807) is 28.4 Å². The molecule has 8 nitrogen and oxygen atoms in total. The lowest BCUT2D eigenvalue weighted by Crippen LogP contribution is -2.48. The number of methoxy groups -OCH3 is 4. The van der Waals surface area contributed by atoms with Crippen molar-refractivity contribution in [2.45, 2.75) is 58.5 Å². The van der Waals surface area contributed by atoms with Gasteiger partial charge in [0.05, 0.1) is 54.6 Å². The summed E-state index contributed by atoms with van der Waals surface area (Å²) in [6, 6.07) is 21.0. The van der Waals surface area contributed by atoms with Crippen LogP contribution in [0.15, 0.2) is 60.7 Å². The molecule has 268 valence electrons. The van der Waals surface area contributed by atoms with E-state index < -0.39 is 0 Å². The third-order valence-corrected chi connectivity index (χ3v) is 10.2. The van der Waals surface area contributed by atoms with Crippen molar-refractivity contribution in [3.63, 3.8) is 0 Å². The fourth-order valence-electron chi connectivity index (χ4n) is 6.97. The molecule has 5 rings (SSSR count). The minimum Gasteiger partial charge on any atom is -0.493 e. The smallest absolute Gasteiger partial charge is 0.204 e. The minimum atomic E-state index is 0.0515. The van der Waals surface area contributed by atoms with E-state index in [0.717, 1.165) is 53.6 Å². The Labute approximate surface area is 299 Å². The third kappa shape index (κ3) is 7.67. The first-order valence-corrected chi connectivity index (χ1v) is 17.5. The Morgan fingerprint density at radius 1 is 0.760 bits per heavy atom. The second-order valence-electron chi connectivity index (χ2n) is 14.1. The largest absolute Gasteiger partial charge is 0.493 e. The van der Waals surface area contributed by atoms with Crippen LogP contribution in [-0.4, -0.2) is 72.6 Å². The minimum absolute atomic E-state index is 0.0515. The third-order valence-electron chi connectivity index (χ3n) is 10.2. The maximum Gasteiger partial charge on any atom is 0.204 e. The number of aryl methyl sites for hydroxylation is 2. The number of ether oxygens (including phenoxy) is 6. The second kappa shape index (κ2) is 15.7. The maximum atomic E-state index is 6.72. The highest BCUT2D eigenvalue weighted by molar-refractivity contribution is 5.62. The van der Waals surface area contributed by atoms with E-state index in [1.807, 2.05) is 18.2 Å². The average molecular weight is 684 g/mol. The molecule has 0 saturated carbocycles. The van der Waals surface area contributed by atoms with Crippen LogP contribution < -0.4 is 28.4 Å². The number of fused-ring (bicyclic) bond motifs is 1. The molecule has 50 heavy (non-hydrogen) atoms. The molecule has 0 radical (unpaired) electrons. The van der Waals surface area contributed by atoms with Gasteiger partial charge >= 0.3 is 0 Å². The van der Waals surface area contributed by atoms with Gasteiger partial charge in [0.2, 0.25) is 5.75 Å². The van der Waals surface area contributed by atoms with E-state index in [-0.39, 0.29) is 12.1 Å². The SMILES string of the molecule is CCCc1cc(OC)c(Oc2cc(C[C@@H]3c4c(cc(OC)c(OC)c4Oc4ccc(C)cc4)CC[N+]3(C)C)ccc2OC)cc1[C@H](C)N(C)C. The number of benzene rings is 4. The Hall–Kier alpha value is -4.40. The summed E-state index contributed by atoms with van der Waals surface area (Å²) in [6.45, 7) is 7.45. The standard InChI is InChI=1S/C42H55N2O6/c1-12-13-30-24-36(46-9)38(26-33(30)28(3)43(4)5)50-37-23-29(16-19-35(37)45-8)22-34-40-31(20-21-44(34,6)7)25-39(47-10)41(48-11)42(40)49-32-17-14-27(2)15-18-32/h14-19,23-26,28,34H,12-13,20-22H2,1-11H3/q+1/t28-,34+/m0/s1. The molecule has 1 aliphatic rings. The summed E-state index contributed by atoms with van der Waals surface area (Å²) in [5.74, 6) is 5.37. The molecule has 0 fully saturated rings. The van der Waals surface area contributed by atoms with Crippen molar-refractivity contribution in [2.24, 2.45) is 0 Å². The first-order valence-electron chi connectivity index (χ1n) is 17.5. The van der Waals surface area contributed by atoms with Crippen LogP contribution in [0.3, 0.4) is 0 Å². The van der Waals surface area contributed by atoms with Crippen LogP contribution in [0.25, 0.3) is 0 Å². The number of hydrogen-bond donors (Lipinski definition) is 0. The quantitative estimate of drug-likeness (QED) is 0.123. The molecule has 1 aliphatic heterocycles. The summed E-state index contributed by atoms with van der Waals surface area (Å²) in [5.41, 5.74) is 7.12. The topological polar surface area (TPSA) is 58.6 Å². The van der Waals surface area contributed by atoms with Crippen molar-refractivity contribution in [1.82, 2.24) is 4.90 Å². The predicted molar refractivity (Wildman–Crippen MR) is 200 cm³/mol. The molecule has 4 aromatic carbocycles. The molecular weight excluding hydrogens is 628 g/mol. The van der Waals surface area contributed by atoms with Gasteiger partial charge in [0.15, 0.2) is 34.5 Å². The molecule has 1 heterocycles. The number of likely N-dealkylation sites (N-methyl/N-ethyl adjacent to an activating group) is 1. The lowest BCUT2D eigenvalue weighted by atomic mass is 9.86. The Morgan fingerprint density at radius 2 is 1.44 bits per heavy atom. The zero-order valence-electron chi connectivity index (χ0n) is 31.8. The van der Waals surface area contributed by atoms with Gasteiger partial charge in [-0.2, -0.15) is 0 Å². The molecule has 0 N–H and O–H groups in total. The second-order valence-corrected chi connectivity index (χ2v) is 14.1. The summed E-state index contributed by atoms with van der Waals surface area (Å²) in [6.07, 6.45) is 3.63. The summed E-state index contributed by atoms with van der Waals surface area (Å²) in [7, 11) is 15.5. The van der Waals surface area contributed by atoms with Gasteiger partial charge in [0.1, 0.15) is 11.8 Å². The monoisotopic (exact) mass is 683 g/mol. The molecule has 0 unspecified atom stereocenters. The van der Waals surface area contributed by atoms with E-state index in [1.165, 1.54) is 22.3 Å². The molecule has 0 aliphatic carbocycles. The summed E-state index contributed by atoms with van der Waals surface area (Å²) >= 11 is 0. The Bertz CT molecular complexity index is 1780. The van der Waals surface area contributed by atoms with Crippen LogP contribution in [0, 0.1) is 6.92 Å². The zero-order valence-corrected chi connectivity index (χ0v) is 31.8. The summed E-state index contributed by atoms with van der Waals surface area (Å²) in [5, 5.41) is 0. The van der Waals surface area contributed by atoms with Crippen LogP contribution in [0.1, 0.15) is 65.7 Å². The van der Waals surface area contributed by atoms with Crippen LogP contribution in [0.5, 0.6) is 46.0 Å². The molecule has 0 bridgehead atoms. The lowest BCUT2D eigenvalue weighted by molar-refractivity contribution is -0.923. The maximum absolute atomic E-state index is 6.72. The lowest BCUT2D eigenvalue weighted by Gasteiger charge is -2.43. The van der Waals surface area contributed by atoms with Crippen LogP contribution in [0.2, 0.25) is 0 Å². The van der Waals surface area contributed by atoms with Crippen LogP contribution in [0.4, 0.5) is 0 Å². The highest BCUT2D eigenvalue weighted by Crippen LogP contribution is 2.51. The van der Waals surface area contributed by atoms with Gasteiger partial charge in [-0.15, -0.1) is 0 Å². The van der Waals surface area contributed by atoms with Gasteiger partial charge in [0, 0.05) is 18.9 Å². The molecule has 0 aromatic heterocycles. The van der Waals surface area contributed by atoms with E-state index in [4.69, 9.17) is 28.4 Å². The molecule has 0 saturated heterocycles. The van der Waals surface area contributed by atoms with Crippen molar-refractivity contribution >= 4 is 0 Å². The van der Waals surface area contributed by atoms with Crippen molar-refractivity contribution in [2.75, 3.05) is 63.2 Å². The van der Waals surface area contributed by atoms with Gasteiger partial charge in [-0.3, -0.25) is 0 Å². The Morgan fingerprint density at radius 3 is 2.06 bits per heavy atom. The van der Waals surface area contributed by atoms with E-state index in [9.17, 15) is 0 Å². The average Bonchev–Trinajstić information content (AvgIpc) is 3.10. The highest BCUT2D eigenvalue weighted by Gasteiger charge is 2.41. The Kier molecular flexibility index (Phi) is 11.5. The summed E-state index contributed by atoms with van der Waals surface area (Å²) < 4.78 is 37.7. The van der Waals surface area contributed by atoms with Gasteiger partial charge in [-0.25, -0.2) is 0 Å². The van der Waals surface area contributed by atoms with E-state index in [2.05, 4.69) is 96.3 Å². The van der Waals surface area contributed by atoms with E-state index in [0.29, 0.717) is 40.2 Å². The van der Waals surface area contributed by atoms with Crippen LogP contribution in [-0.2, 0) is 19.3 Å². The fraction of sp³-hybridized carbons (Fsp3) is 0.429. The number of nitrogens with zero attached hydrogens (tertiary/aromatic N) is 2. The number of quaternary nitrogens is 1. The van der Waals surface area contributed by atoms with E-state index >= 15 is 0 Å². The number of rotatable bonds is 14. The number of hydrogen-bond acceptors (Lipinski definition) is 7. The zero-order chi connectivity index (χ0) is 36.2. The van der Waals surface area contributed by atoms with Crippen molar-refractivity contribution in [3.8, 4) is 46.0 Å². The van der Waals surface area contributed by atoms with Gasteiger partial charge < -0.3 is 37.8 Å². The Balaban J connectivity index is 1.59. The molecule has 0 amide bonds. The van der Waals surface area contributed by atoms with Crippen LogP contribution >= 0.6 is 0 Å². The fourth-order valence-corrected chi connectivity index (χ4v) is 6.97. The predicted octanol–water partition coefficient (Wildman–Crippen LogP) is 9.11. The van der Waals surface area contributed by atoms with Gasteiger partial charge in [-0.1, -0.05) is 37.1 Å². The first-order chi connectivity index (χ1) is 23.9.